The van der Waals surface area contributed by atoms with Gasteiger partial charge in [-0.3, -0.25) is 0 Å². The van der Waals surface area contributed by atoms with Gasteiger partial charge in [-0.05, 0) is 50.0 Å². The summed E-state index contributed by atoms with van der Waals surface area (Å²) in [5.41, 5.74) is 0.913. The Morgan fingerprint density at radius 3 is 2.79 bits per heavy atom. The van der Waals surface area contributed by atoms with E-state index < -0.39 is 0 Å². The maximum atomic E-state index is 9.89. The molecule has 1 aromatic rings. The summed E-state index contributed by atoms with van der Waals surface area (Å²) in [4.78, 5) is 2.53. The Morgan fingerprint density at radius 1 is 1.37 bits per heavy atom. The Morgan fingerprint density at radius 2 is 2.16 bits per heavy atom. The quantitative estimate of drug-likeness (QED) is 0.865. The van der Waals surface area contributed by atoms with Gasteiger partial charge in [-0.1, -0.05) is 0 Å². The fourth-order valence-electron chi connectivity index (χ4n) is 3.27. The zero-order valence-corrected chi connectivity index (χ0v) is 11.4. The topological polar surface area (TPSA) is 44.7 Å². The number of phenols is 1. The summed E-state index contributed by atoms with van der Waals surface area (Å²) in [6, 6.07) is 5.96. The molecule has 0 saturated carbocycles. The first-order valence-electron chi connectivity index (χ1n) is 7.08. The van der Waals surface area contributed by atoms with E-state index in [1.54, 1.807) is 19.2 Å². The molecule has 1 unspecified atom stereocenters. The van der Waals surface area contributed by atoms with E-state index in [0.29, 0.717) is 18.3 Å². The zero-order chi connectivity index (χ0) is 13.2. The van der Waals surface area contributed by atoms with Crippen molar-refractivity contribution in [1.82, 2.24) is 10.2 Å². The van der Waals surface area contributed by atoms with E-state index in [2.05, 4.69) is 10.2 Å². The Labute approximate surface area is 114 Å². The molecule has 2 N–H and O–H groups in total. The first kappa shape index (κ1) is 12.8. The number of piperidine rings is 3. The van der Waals surface area contributed by atoms with Gasteiger partial charge in [-0.15, -0.1) is 0 Å². The van der Waals surface area contributed by atoms with Crippen LogP contribution in [0, 0.1) is 5.92 Å². The van der Waals surface area contributed by atoms with Gasteiger partial charge in [0.05, 0.1) is 7.11 Å². The van der Waals surface area contributed by atoms with Crippen LogP contribution < -0.4 is 10.1 Å². The molecule has 4 heteroatoms. The average molecular weight is 262 g/mol. The molecule has 3 aliphatic rings. The Hall–Kier alpha value is -1.26. The van der Waals surface area contributed by atoms with Crippen molar-refractivity contribution in [3.05, 3.63) is 23.8 Å². The molecule has 2 bridgehead atoms. The molecule has 0 aliphatic carbocycles. The number of ether oxygens (including phenoxy) is 1. The Balaban J connectivity index is 1.63. The van der Waals surface area contributed by atoms with E-state index in [9.17, 15) is 5.11 Å². The second-order valence-electron chi connectivity index (χ2n) is 5.62. The molecule has 0 aromatic heterocycles. The maximum Gasteiger partial charge on any atom is 0.120 e. The van der Waals surface area contributed by atoms with Crippen LogP contribution in [0.3, 0.4) is 0 Å². The molecule has 19 heavy (non-hydrogen) atoms. The SMILES string of the molecule is COc1ccc(O)c(CNC2CN3CCC2CC3)c1. The summed E-state index contributed by atoms with van der Waals surface area (Å²) < 4.78 is 5.20. The van der Waals surface area contributed by atoms with Crippen LogP contribution in [-0.4, -0.2) is 42.8 Å². The third-order valence-corrected chi connectivity index (χ3v) is 4.50. The lowest BCUT2D eigenvalue weighted by atomic mass is 9.84. The largest absolute Gasteiger partial charge is 0.508 e. The summed E-state index contributed by atoms with van der Waals surface area (Å²) in [5, 5.41) is 13.5. The summed E-state index contributed by atoms with van der Waals surface area (Å²) in [6.07, 6.45) is 2.61. The third kappa shape index (κ3) is 2.69. The highest BCUT2D eigenvalue weighted by atomic mass is 16.5. The Kier molecular flexibility index (Phi) is 3.62. The van der Waals surface area contributed by atoms with E-state index in [4.69, 9.17) is 4.74 Å². The lowest BCUT2D eigenvalue weighted by Crippen LogP contribution is -2.55. The molecule has 4 rings (SSSR count). The highest BCUT2D eigenvalue weighted by Crippen LogP contribution is 2.28. The van der Waals surface area contributed by atoms with E-state index >= 15 is 0 Å². The minimum absolute atomic E-state index is 0.342. The minimum Gasteiger partial charge on any atom is -0.508 e. The number of phenolic OH excluding ortho intramolecular Hbond substituents is 1. The average Bonchev–Trinajstić information content (AvgIpc) is 2.48. The smallest absolute Gasteiger partial charge is 0.120 e. The van der Waals surface area contributed by atoms with Crippen LogP contribution in [0.5, 0.6) is 11.5 Å². The molecule has 0 radical (unpaired) electrons. The van der Waals surface area contributed by atoms with Gasteiger partial charge in [-0.25, -0.2) is 0 Å². The van der Waals surface area contributed by atoms with Gasteiger partial charge >= 0.3 is 0 Å². The summed E-state index contributed by atoms with van der Waals surface area (Å²) in [5.74, 6) is 1.94. The van der Waals surface area contributed by atoms with Crippen molar-refractivity contribution >= 4 is 0 Å². The van der Waals surface area contributed by atoms with Crippen LogP contribution in [0.25, 0.3) is 0 Å². The number of hydrogen-bond donors (Lipinski definition) is 2. The second-order valence-corrected chi connectivity index (χ2v) is 5.62. The zero-order valence-electron chi connectivity index (χ0n) is 11.4. The molecule has 0 spiro atoms. The van der Waals surface area contributed by atoms with Crippen molar-refractivity contribution in [2.75, 3.05) is 26.7 Å². The standard InChI is InChI=1S/C15H22N2O2/c1-19-13-2-3-15(18)12(8-13)9-16-14-10-17-6-4-11(14)5-7-17/h2-3,8,11,14,16,18H,4-7,9-10H2,1H3. The van der Waals surface area contributed by atoms with Gasteiger partial charge in [-0.2, -0.15) is 0 Å². The molecule has 3 aliphatic heterocycles. The molecule has 4 nitrogen and oxygen atoms in total. The molecule has 104 valence electrons. The molecule has 1 aromatic carbocycles. The van der Waals surface area contributed by atoms with Crippen LogP contribution >= 0.6 is 0 Å². The number of hydrogen-bond acceptors (Lipinski definition) is 4. The van der Waals surface area contributed by atoms with E-state index in [0.717, 1.165) is 23.8 Å². The number of nitrogens with zero attached hydrogens (tertiary/aromatic N) is 1. The first-order valence-corrected chi connectivity index (χ1v) is 7.08. The highest BCUT2D eigenvalue weighted by molar-refractivity contribution is 5.39. The normalized spacial score (nSPS) is 29.4. The first-order chi connectivity index (χ1) is 9.26. The van der Waals surface area contributed by atoms with Gasteiger partial charge in [0.1, 0.15) is 11.5 Å². The fourth-order valence-corrected chi connectivity index (χ4v) is 3.27. The summed E-state index contributed by atoms with van der Waals surface area (Å²) >= 11 is 0. The summed E-state index contributed by atoms with van der Waals surface area (Å²) in [6.45, 7) is 4.37. The number of aromatic hydroxyl groups is 1. The number of rotatable bonds is 4. The van der Waals surface area contributed by atoms with Gasteiger partial charge in [0.2, 0.25) is 0 Å². The van der Waals surface area contributed by atoms with Crippen LogP contribution in [-0.2, 0) is 6.54 Å². The molecular weight excluding hydrogens is 240 g/mol. The van der Waals surface area contributed by atoms with Crippen molar-refractivity contribution in [2.45, 2.75) is 25.4 Å². The van der Waals surface area contributed by atoms with Crippen LogP contribution in [0.2, 0.25) is 0 Å². The molecule has 3 saturated heterocycles. The highest BCUT2D eigenvalue weighted by Gasteiger charge is 2.33. The molecule has 3 fully saturated rings. The fraction of sp³-hybridized carbons (Fsp3) is 0.600. The predicted molar refractivity (Wildman–Crippen MR) is 74.5 cm³/mol. The number of fused-ring (bicyclic) bond motifs is 3. The number of benzene rings is 1. The lowest BCUT2D eigenvalue weighted by Gasteiger charge is -2.45. The van der Waals surface area contributed by atoms with Crippen LogP contribution in [0.4, 0.5) is 0 Å². The van der Waals surface area contributed by atoms with E-state index in [-0.39, 0.29) is 0 Å². The van der Waals surface area contributed by atoms with Gasteiger partial charge in [0.15, 0.2) is 0 Å². The van der Waals surface area contributed by atoms with Gasteiger partial charge < -0.3 is 20.1 Å². The Bertz CT molecular complexity index is 442. The van der Waals surface area contributed by atoms with Crippen molar-refractivity contribution in [3.63, 3.8) is 0 Å². The number of methoxy groups -OCH3 is 1. The molecular formula is C15H22N2O2. The minimum atomic E-state index is 0.342. The lowest BCUT2D eigenvalue weighted by molar-refractivity contribution is 0.0719. The van der Waals surface area contributed by atoms with Gasteiger partial charge in [0.25, 0.3) is 0 Å². The predicted octanol–water partition coefficient (Wildman–Crippen LogP) is 1.58. The third-order valence-electron chi connectivity index (χ3n) is 4.50. The molecule has 3 heterocycles. The van der Waals surface area contributed by atoms with E-state index in [1.165, 1.54) is 25.9 Å². The van der Waals surface area contributed by atoms with Crippen molar-refractivity contribution in [1.29, 1.82) is 0 Å². The maximum absolute atomic E-state index is 9.89. The number of nitrogens with one attached hydrogen (secondary N) is 1. The van der Waals surface area contributed by atoms with Crippen LogP contribution in [0.1, 0.15) is 18.4 Å². The second kappa shape index (κ2) is 5.39. The van der Waals surface area contributed by atoms with E-state index in [1.807, 2.05) is 6.07 Å². The van der Waals surface area contributed by atoms with Crippen molar-refractivity contribution in [3.8, 4) is 11.5 Å². The molecule has 0 amide bonds. The summed E-state index contributed by atoms with van der Waals surface area (Å²) in [7, 11) is 1.65. The monoisotopic (exact) mass is 262 g/mol. The van der Waals surface area contributed by atoms with Crippen molar-refractivity contribution < 1.29 is 9.84 Å². The van der Waals surface area contributed by atoms with Crippen molar-refractivity contribution in [2.24, 2.45) is 5.92 Å². The van der Waals surface area contributed by atoms with Crippen LogP contribution in [0.15, 0.2) is 18.2 Å². The van der Waals surface area contributed by atoms with Gasteiger partial charge in [0, 0.05) is 24.7 Å². The molecule has 1 atom stereocenters.